The number of non-ortho nitro benzene ring substituents is 1. The summed E-state index contributed by atoms with van der Waals surface area (Å²) in [6.45, 7) is 0.150. The second kappa shape index (κ2) is 11.6. The number of hydrogen-bond donors (Lipinski definition) is 0. The van der Waals surface area contributed by atoms with Crippen LogP contribution < -0.4 is 9.47 Å². The van der Waals surface area contributed by atoms with Crippen LogP contribution >= 0.6 is 11.6 Å². The van der Waals surface area contributed by atoms with E-state index in [-0.39, 0.29) is 34.6 Å². The molecule has 4 aromatic carbocycles. The van der Waals surface area contributed by atoms with Crippen molar-refractivity contribution in [1.29, 1.82) is 0 Å². The molecule has 0 bridgehead atoms. The average molecular weight is 555 g/mol. The Balaban J connectivity index is 1.36. The molecular formula is C29H19ClN4O6. The Kier molecular flexibility index (Phi) is 7.61. The summed E-state index contributed by atoms with van der Waals surface area (Å²) in [7, 11) is 0. The van der Waals surface area contributed by atoms with Gasteiger partial charge in [0.25, 0.3) is 5.69 Å². The zero-order valence-corrected chi connectivity index (χ0v) is 21.4. The van der Waals surface area contributed by atoms with Gasteiger partial charge in [-0.25, -0.2) is 9.97 Å². The zero-order valence-electron chi connectivity index (χ0n) is 20.6. The smallest absolute Gasteiger partial charge is 0.313 e. The van der Waals surface area contributed by atoms with Gasteiger partial charge < -0.3 is 9.47 Å². The Morgan fingerprint density at radius 2 is 1.52 bits per heavy atom. The molecule has 5 aromatic rings. The molecule has 0 radical (unpaired) electrons. The third-order valence-corrected chi connectivity index (χ3v) is 6.04. The number of ether oxygens (including phenoxy) is 2. The molecule has 0 fully saturated rings. The molecule has 0 saturated carbocycles. The lowest BCUT2D eigenvalue weighted by molar-refractivity contribution is -0.385. The van der Waals surface area contributed by atoms with Crippen molar-refractivity contribution in [2.24, 2.45) is 0 Å². The highest BCUT2D eigenvalue weighted by Gasteiger charge is 2.19. The summed E-state index contributed by atoms with van der Waals surface area (Å²) < 4.78 is 11.7. The zero-order chi connectivity index (χ0) is 28.1. The van der Waals surface area contributed by atoms with Crippen LogP contribution in [0.3, 0.4) is 0 Å². The van der Waals surface area contributed by atoms with Crippen molar-refractivity contribution in [2.45, 2.75) is 6.61 Å². The second-order valence-electron chi connectivity index (χ2n) is 8.47. The summed E-state index contributed by atoms with van der Waals surface area (Å²) >= 11 is 6.12. The number of hydrogen-bond acceptors (Lipinski definition) is 8. The maximum atomic E-state index is 11.3. The molecular weight excluding hydrogens is 536 g/mol. The Bertz CT molecular complexity index is 1760. The van der Waals surface area contributed by atoms with Gasteiger partial charge in [0.2, 0.25) is 11.6 Å². The van der Waals surface area contributed by atoms with Crippen molar-refractivity contribution in [2.75, 3.05) is 0 Å². The molecule has 1 heterocycles. The van der Waals surface area contributed by atoms with Crippen LogP contribution in [-0.4, -0.2) is 19.8 Å². The van der Waals surface area contributed by atoms with Gasteiger partial charge in [-0.05, 0) is 47.5 Å². The lowest BCUT2D eigenvalue weighted by Crippen LogP contribution is -2.01. The molecule has 40 heavy (non-hydrogen) atoms. The summed E-state index contributed by atoms with van der Waals surface area (Å²) in [6, 6.07) is 24.7. The van der Waals surface area contributed by atoms with Crippen molar-refractivity contribution in [1.82, 2.24) is 9.97 Å². The highest BCUT2D eigenvalue weighted by atomic mass is 35.5. The number of rotatable bonds is 9. The molecule has 0 aliphatic rings. The fourth-order valence-corrected chi connectivity index (χ4v) is 4.00. The molecule has 0 saturated heterocycles. The van der Waals surface area contributed by atoms with Gasteiger partial charge in [0.1, 0.15) is 18.1 Å². The van der Waals surface area contributed by atoms with E-state index in [0.29, 0.717) is 28.0 Å². The molecule has 0 aliphatic heterocycles. The molecule has 0 spiro atoms. The number of nitro groups is 2. The van der Waals surface area contributed by atoms with E-state index in [1.165, 1.54) is 30.3 Å². The normalized spacial score (nSPS) is 11.0. The van der Waals surface area contributed by atoms with Gasteiger partial charge >= 0.3 is 5.69 Å². The largest absolute Gasteiger partial charge is 0.471 e. The van der Waals surface area contributed by atoms with Crippen molar-refractivity contribution < 1.29 is 19.3 Å². The predicted octanol–water partition coefficient (Wildman–Crippen LogP) is 7.64. The Morgan fingerprint density at radius 3 is 2.25 bits per heavy atom. The van der Waals surface area contributed by atoms with E-state index in [0.717, 1.165) is 5.56 Å². The number of para-hydroxylation sites is 3. The van der Waals surface area contributed by atoms with Crippen molar-refractivity contribution in [3.8, 4) is 17.4 Å². The minimum absolute atomic E-state index is 0.0141. The Hall–Kier alpha value is -5.35. The minimum Gasteiger partial charge on any atom is -0.471 e. The van der Waals surface area contributed by atoms with Crippen LogP contribution in [0.1, 0.15) is 16.8 Å². The lowest BCUT2D eigenvalue weighted by atomic mass is 10.1. The number of fused-ring (bicyclic) bond motifs is 1. The molecule has 5 rings (SSSR count). The monoisotopic (exact) mass is 554 g/mol. The molecule has 0 unspecified atom stereocenters. The molecule has 0 atom stereocenters. The first-order valence-corrected chi connectivity index (χ1v) is 12.3. The van der Waals surface area contributed by atoms with E-state index in [9.17, 15) is 20.2 Å². The first-order chi connectivity index (χ1) is 19.4. The van der Waals surface area contributed by atoms with Crippen LogP contribution in [0.15, 0.2) is 91.0 Å². The summed E-state index contributed by atoms with van der Waals surface area (Å²) in [6.07, 6.45) is 3.40. The molecule has 10 nitrogen and oxygen atoms in total. The summed E-state index contributed by atoms with van der Waals surface area (Å²) in [5.74, 6) is 0.614. The van der Waals surface area contributed by atoms with E-state index in [1.807, 2.05) is 24.3 Å². The summed E-state index contributed by atoms with van der Waals surface area (Å²) in [4.78, 5) is 30.7. The molecule has 0 amide bonds. The van der Waals surface area contributed by atoms with Gasteiger partial charge in [0.05, 0.1) is 25.9 Å². The second-order valence-corrected chi connectivity index (χ2v) is 8.88. The van der Waals surface area contributed by atoms with Crippen molar-refractivity contribution in [3.63, 3.8) is 0 Å². The van der Waals surface area contributed by atoms with E-state index >= 15 is 0 Å². The highest BCUT2D eigenvalue weighted by molar-refractivity contribution is 6.32. The highest BCUT2D eigenvalue weighted by Crippen LogP contribution is 2.37. The quantitative estimate of drug-likeness (QED) is 0.134. The van der Waals surface area contributed by atoms with Crippen LogP contribution in [-0.2, 0) is 6.61 Å². The van der Waals surface area contributed by atoms with Crippen molar-refractivity contribution in [3.05, 3.63) is 133 Å². The topological polar surface area (TPSA) is 131 Å². The number of halogens is 1. The first-order valence-electron chi connectivity index (χ1n) is 11.9. The average Bonchev–Trinajstić information content (AvgIpc) is 2.96. The van der Waals surface area contributed by atoms with Crippen LogP contribution in [0.2, 0.25) is 5.02 Å². The lowest BCUT2D eigenvalue weighted by Gasteiger charge is -2.11. The summed E-state index contributed by atoms with van der Waals surface area (Å²) in [5, 5.41) is 22.6. The fourth-order valence-electron chi connectivity index (χ4n) is 3.80. The standard InChI is InChI=1S/C29H19ClN4O6/c30-23-7-4-10-27(34(37)38)28(23)40-22-14-11-20(12-15-22)18-39-29-26(31-24-8-1-2-9-25(24)32-29)16-13-19-5-3-6-21(17-19)33(35)36/h1-17H,18H2/b16-13+. The number of aromatic nitrogens is 2. The number of nitrogens with zero attached hydrogens (tertiary/aromatic N) is 4. The van der Waals surface area contributed by atoms with Gasteiger partial charge in [0.15, 0.2) is 0 Å². The van der Waals surface area contributed by atoms with Gasteiger partial charge in [-0.15, -0.1) is 0 Å². The number of benzene rings is 4. The number of nitro benzene ring substituents is 2. The van der Waals surface area contributed by atoms with Gasteiger partial charge in [-0.1, -0.05) is 60.1 Å². The summed E-state index contributed by atoms with van der Waals surface area (Å²) in [5.41, 5.74) is 2.93. The maximum absolute atomic E-state index is 11.3. The molecule has 198 valence electrons. The SMILES string of the molecule is O=[N+]([O-])c1cccc(/C=C/c2nc3ccccc3nc2OCc2ccc(Oc3c(Cl)cccc3[N+](=O)[O-])cc2)c1. The van der Waals surface area contributed by atoms with Crippen molar-refractivity contribution >= 4 is 46.2 Å². The third kappa shape index (κ3) is 6.03. The Labute approximate surface area is 232 Å². The van der Waals surface area contributed by atoms with Gasteiger partial charge in [0, 0.05) is 18.2 Å². The van der Waals surface area contributed by atoms with E-state index in [4.69, 9.17) is 21.1 Å². The third-order valence-electron chi connectivity index (χ3n) is 5.74. The first kappa shape index (κ1) is 26.3. The molecule has 1 aromatic heterocycles. The molecule has 0 N–H and O–H groups in total. The molecule has 0 aliphatic carbocycles. The van der Waals surface area contributed by atoms with E-state index in [2.05, 4.69) is 9.97 Å². The van der Waals surface area contributed by atoms with E-state index < -0.39 is 9.85 Å². The van der Waals surface area contributed by atoms with Gasteiger partial charge in [-0.3, -0.25) is 20.2 Å². The maximum Gasteiger partial charge on any atom is 0.313 e. The van der Waals surface area contributed by atoms with Crippen LogP contribution in [0.4, 0.5) is 11.4 Å². The predicted molar refractivity (Wildman–Crippen MR) is 151 cm³/mol. The van der Waals surface area contributed by atoms with Crippen LogP contribution in [0.5, 0.6) is 17.4 Å². The van der Waals surface area contributed by atoms with Crippen LogP contribution in [0, 0.1) is 20.2 Å². The minimum atomic E-state index is -0.556. The van der Waals surface area contributed by atoms with Crippen LogP contribution in [0.25, 0.3) is 23.2 Å². The molecule has 11 heteroatoms. The Morgan fingerprint density at radius 1 is 0.800 bits per heavy atom. The van der Waals surface area contributed by atoms with E-state index in [1.54, 1.807) is 48.6 Å². The van der Waals surface area contributed by atoms with Gasteiger partial charge in [-0.2, -0.15) is 0 Å². The fraction of sp³-hybridized carbons (Fsp3) is 0.0345.